The number of aliphatic hydroxyl groups excluding tert-OH is 1. The van der Waals surface area contributed by atoms with E-state index in [1.54, 1.807) is 0 Å². The zero-order valence-electron chi connectivity index (χ0n) is 4.34. The summed E-state index contributed by atoms with van der Waals surface area (Å²) in [6.07, 6.45) is -1.45. The molecule has 0 rings (SSSR count). The highest BCUT2D eigenvalue weighted by atomic mass is 35.5. The Bertz CT molecular complexity index is 91.3. The summed E-state index contributed by atoms with van der Waals surface area (Å²) in [5, 5.41) is 15.8. The van der Waals surface area contributed by atoms with Crippen molar-refractivity contribution in [1.82, 2.24) is 0 Å². The highest BCUT2D eigenvalue weighted by molar-refractivity contribution is 6.22. The summed E-state index contributed by atoms with van der Waals surface area (Å²) in [5.41, 5.74) is 0. The van der Waals surface area contributed by atoms with Gasteiger partial charge >= 0.3 is 5.97 Å². The topological polar surface area (TPSA) is 57.5 Å². The Morgan fingerprint density at radius 2 is 2.12 bits per heavy atom. The smallest absolute Gasteiger partial charge is 0.334 e. The molecule has 8 heavy (non-hydrogen) atoms. The lowest BCUT2D eigenvalue weighted by molar-refractivity contribution is -0.146. The molecule has 0 unspecified atom stereocenters. The number of carboxylic acids is 1. The molecule has 48 valence electrons. The molecule has 0 saturated carbocycles. The second kappa shape index (κ2) is 2.89. The van der Waals surface area contributed by atoms with Crippen molar-refractivity contribution in [2.24, 2.45) is 0 Å². The predicted octanol–water partition coefficient (Wildman–Crippen LogP) is 0.0592. The van der Waals surface area contributed by atoms with Crippen molar-refractivity contribution in [2.75, 3.05) is 0 Å². The van der Waals surface area contributed by atoms with Crippen molar-refractivity contribution >= 4 is 17.6 Å². The van der Waals surface area contributed by atoms with E-state index in [1.165, 1.54) is 6.92 Å². The van der Waals surface area contributed by atoms with E-state index >= 15 is 0 Å². The number of alkyl halides is 1. The molecular formula is C4H7ClO3. The van der Waals surface area contributed by atoms with Crippen LogP contribution in [0.2, 0.25) is 0 Å². The van der Waals surface area contributed by atoms with Crippen LogP contribution in [0.15, 0.2) is 0 Å². The van der Waals surface area contributed by atoms with Crippen LogP contribution in [-0.4, -0.2) is 27.7 Å². The van der Waals surface area contributed by atoms with Gasteiger partial charge in [-0.15, -0.1) is 11.6 Å². The van der Waals surface area contributed by atoms with E-state index < -0.39 is 17.5 Å². The minimum atomic E-state index is -1.45. The van der Waals surface area contributed by atoms with E-state index in [9.17, 15) is 4.79 Å². The summed E-state index contributed by atoms with van der Waals surface area (Å²) in [5.74, 6) is -1.28. The number of rotatable bonds is 2. The zero-order valence-corrected chi connectivity index (χ0v) is 5.09. The highest BCUT2D eigenvalue weighted by Crippen LogP contribution is 1.99. The maximum Gasteiger partial charge on any atom is 0.334 e. The van der Waals surface area contributed by atoms with Gasteiger partial charge in [0.1, 0.15) is 0 Å². The Labute approximate surface area is 51.9 Å². The Morgan fingerprint density at radius 1 is 1.75 bits per heavy atom. The van der Waals surface area contributed by atoms with Crippen molar-refractivity contribution in [3.63, 3.8) is 0 Å². The van der Waals surface area contributed by atoms with Crippen molar-refractivity contribution in [2.45, 2.75) is 18.4 Å². The van der Waals surface area contributed by atoms with Crippen LogP contribution >= 0.6 is 11.6 Å². The quantitative estimate of drug-likeness (QED) is 0.531. The first-order valence-corrected chi connectivity index (χ1v) is 2.54. The van der Waals surface area contributed by atoms with Gasteiger partial charge in [0.15, 0.2) is 6.10 Å². The van der Waals surface area contributed by atoms with E-state index in [0.29, 0.717) is 0 Å². The van der Waals surface area contributed by atoms with Gasteiger partial charge < -0.3 is 10.2 Å². The van der Waals surface area contributed by atoms with Crippen LogP contribution in [0.1, 0.15) is 6.92 Å². The highest BCUT2D eigenvalue weighted by Gasteiger charge is 2.18. The fraction of sp³-hybridized carbons (Fsp3) is 0.750. The summed E-state index contributed by atoms with van der Waals surface area (Å²) >= 11 is 5.19. The monoisotopic (exact) mass is 138 g/mol. The normalized spacial score (nSPS) is 17.4. The molecule has 0 heterocycles. The van der Waals surface area contributed by atoms with Gasteiger partial charge in [0.2, 0.25) is 0 Å². The summed E-state index contributed by atoms with van der Waals surface area (Å²) in [7, 11) is 0. The maximum atomic E-state index is 9.81. The molecule has 0 aromatic rings. The fourth-order valence-corrected chi connectivity index (χ4v) is 0.304. The fourth-order valence-electron chi connectivity index (χ4n) is 0.196. The van der Waals surface area contributed by atoms with Crippen LogP contribution in [0.4, 0.5) is 0 Å². The molecule has 0 spiro atoms. The minimum Gasteiger partial charge on any atom is -0.479 e. The Balaban J connectivity index is 3.64. The lowest BCUT2D eigenvalue weighted by Crippen LogP contribution is -2.27. The lowest BCUT2D eigenvalue weighted by Gasteiger charge is -2.04. The number of aliphatic hydroxyl groups is 1. The SMILES string of the molecule is C[C@@H](Cl)[C@H](O)C(=O)O. The third kappa shape index (κ3) is 2.14. The first kappa shape index (κ1) is 7.72. The number of halogens is 1. The summed E-state index contributed by atoms with van der Waals surface area (Å²) in [4.78, 5) is 9.81. The second-order valence-corrected chi connectivity index (χ2v) is 2.15. The van der Waals surface area contributed by atoms with Gasteiger partial charge in [0.25, 0.3) is 0 Å². The van der Waals surface area contributed by atoms with E-state index in [4.69, 9.17) is 21.8 Å². The third-order valence-electron chi connectivity index (χ3n) is 0.688. The molecule has 4 heteroatoms. The van der Waals surface area contributed by atoms with Crippen LogP contribution < -0.4 is 0 Å². The first-order chi connectivity index (χ1) is 3.55. The molecule has 0 aliphatic heterocycles. The number of hydrogen-bond donors (Lipinski definition) is 2. The zero-order chi connectivity index (χ0) is 6.73. The van der Waals surface area contributed by atoms with E-state index in [-0.39, 0.29) is 0 Å². The number of aliphatic carboxylic acids is 1. The molecule has 0 aliphatic carbocycles. The van der Waals surface area contributed by atoms with Crippen molar-refractivity contribution in [3.8, 4) is 0 Å². The van der Waals surface area contributed by atoms with Gasteiger partial charge in [0.05, 0.1) is 5.38 Å². The van der Waals surface area contributed by atoms with Gasteiger partial charge in [-0.2, -0.15) is 0 Å². The van der Waals surface area contributed by atoms with Gasteiger partial charge in [-0.3, -0.25) is 0 Å². The van der Waals surface area contributed by atoms with Gasteiger partial charge in [-0.1, -0.05) is 0 Å². The van der Waals surface area contributed by atoms with Crippen LogP contribution in [0.3, 0.4) is 0 Å². The van der Waals surface area contributed by atoms with Crippen LogP contribution in [-0.2, 0) is 4.79 Å². The number of carboxylic acid groups (broad SMARTS) is 1. The maximum absolute atomic E-state index is 9.81. The molecule has 2 N–H and O–H groups in total. The van der Waals surface area contributed by atoms with Gasteiger partial charge in [-0.25, -0.2) is 4.79 Å². The number of hydrogen-bond acceptors (Lipinski definition) is 2. The first-order valence-electron chi connectivity index (χ1n) is 2.10. The Kier molecular flexibility index (Phi) is 2.79. The molecule has 0 fully saturated rings. The molecule has 0 amide bonds. The van der Waals surface area contributed by atoms with Gasteiger partial charge in [0, 0.05) is 0 Å². The number of carbonyl (C=O) groups is 1. The van der Waals surface area contributed by atoms with Crippen LogP contribution in [0.25, 0.3) is 0 Å². The lowest BCUT2D eigenvalue weighted by atomic mass is 10.3. The molecule has 0 bridgehead atoms. The average molecular weight is 139 g/mol. The van der Waals surface area contributed by atoms with Crippen molar-refractivity contribution in [3.05, 3.63) is 0 Å². The standard InChI is InChI=1S/C4H7ClO3/c1-2(5)3(6)4(7)8/h2-3,6H,1H3,(H,7,8)/t2-,3+/m1/s1. The second-order valence-electron chi connectivity index (χ2n) is 1.46. The predicted molar refractivity (Wildman–Crippen MR) is 29.0 cm³/mol. The van der Waals surface area contributed by atoms with E-state index in [2.05, 4.69) is 0 Å². The van der Waals surface area contributed by atoms with Crippen molar-refractivity contribution in [1.29, 1.82) is 0 Å². The summed E-state index contributed by atoms with van der Waals surface area (Å²) < 4.78 is 0. The Morgan fingerprint density at radius 3 is 2.12 bits per heavy atom. The average Bonchev–Trinajstić information content (AvgIpc) is 1.64. The van der Waals surface area contributed by atoms with E-state index in [1.807, 2.05) is 0 Å². The molecule has 0 aliphatic rings. The molecule has 0 aromatic heterocycles. The largest absolute Gasteiger partial charge is 0.479 e. The minimum absolute atomic E-state index is 0.729. The summed E-state index contributed by atoms with van der Waals surface area (Å²) in [6, 6.07) is 0. The molecule has 3 nitrogen and oxygen atoms in total. The molecular weight excluding hydrogens is 131 g/mol. The van der Waals surface area contributed by atoms with Crippen LogP contribution in [0.5, 0.6) is 0 Å². The van der Waals surface area contributed by atoms with Crippen LogP contribution in [0, 0.1) is 0 Å². The molecule has 0 radical (unpaired) electrons. The molecule has 0 aromatic carbocycles. The van der Waals surface area contributed by atoms with Crippen molar-refractivity contribution < 1.29 is 15.0 Å². The summed E-state index contributed by atoms with van der Waals surface area (Å²) in [6.45, 7) is 1.42. The molecule has 0 saturated heterocycles. The Hall–Kier alpha value is -0.280. The molecule has 2 atom stereocenters. The third-order valence-corrected chi connectivity index (χ3v) is 0.927. The van der Waals surface area contributed by atoms with E-state index in [0.717, 1.165) is 0 Å². The van der Waals surface area contributed by atoms with Gasteiger partial charge in [-0.05, 0) is 6.92 Å².